The summed E-state index contributed by atoms with van der Waals surface area (Å²) in [5.74, 6) is 0.733. The van der Waals surface area contributed by atoms with Crippen LogP contribution in [-0.2, 0) is 4.79 Å². The molecule has 3 aromatic rings. The summed E-state index contributed by atoms with van der Waals surface area (Å²) in [4.78, 5) is 24.3. The van der Waals surface area contributed by atoms with Gasteiger partial charge in [0.15, 0.2) is 5.17 Å². The van der Waals surface area contributed by atoms with Crippen molar-refractivity contribution in [1.82, 2.24) is 9.88 Å². The van der Waals surface area contributed by atoms with Crippen LogP contribution in [0, 0.1) is 0 Å². The summed E-state index contributed by atoms with van der Waals surface area (Å²) in [6, 6.07) is 17.7. The third-order valence-corrected chi connectivity index (χ3v) is 6.56. The first-order valence-corrected chi connectivity index (χ1v) is 10.7. The number of thiazole rings is 1. The lowest BCUT2D eigenvalue weighted by Crippen LogP contribution is -2.23. The third-order valence-electron chi connectivity index (χ3n) is 4.60. The minimum absolute atomic E-state index is 0.0538. The Bertz CT molecular complexity index is 1100. The molecule has 0 unspecified atom stereocenters. The highest BCUT2D eigenvalue weighted by Gasteiger charge is 2.32. The van der Waals surface area contributed by atoms with Crippen molar-refractivity contribution in [2.45, 2.75) is 6.92 Å². The molecule has 1 aliphatic rings. The quantitative estimate of drug-likeness (QED) is 0.526. The van der Waals surface area contributed by atoms with Crippen molar-refractivity contribution < 1.29 is 9.53 Å². The minimum atomic E-state index is -0.0538. The molecule has 29 heavy (non-hydrogen) atoms. The van der Waals surface area contributed by atoms with Crippen LogP contribution in [0.25, 0.3) is 16.8 Å². The lowest BCUT2D eigenvalue weighted by Gasteiger charge is -2.07. The van der Waals surface area contributed by atoms with E-state index in [2.05, 4.69) is 9.98 Å². The van der Waals surface area contributed by atoms with E-state index in [0.717, 1.165) is 28.1 Å². The number of likely N-dealkylation sites (N-methyl/N-ethyl adjacent to an activating group) is 1. The predicted octanol–water partition coefficient (Wildman–Crippen LogP) is 5.44. The molecular weight excluding hydrogens is 402 g/mol. The second-order valence-corrected chi connectivity index (χ2v) is 8.24. The Labute approximate surface area is 177 Å². The van der Waals surface area contributed by atoms with Crippen LogP contribution in [0.15, 0.2) is 69.9 Å². The van der Waals surface area contributed by atoms with Gasteiger partial charge in [0.1, 0.15) is 5.75 Å². The summed E-state index contributed by atoms with van der Waals surface area (Å²) in [5, 5.41) is 3.25. The standard InChI is InChI=1S/C22H19N3O2S2/c1-14(15-9-11-17(27-3)12-10-15)19-20(26)25(2)22(29-19)24-21-23-18(13-28-21)16-7-5-4-6-8-16/h4-13H,1-3H3/b19-14-,24-22+. The van der Waals surface area contributed by atoms with E-state index in [0.29, 0.717) is 15.2 Å². The summed E-state index contributed by atoms with van der Waals surface area (Å²) in [6.07, 6.45) is 0. The van der Waals surface area contributed by atoms with Crippen LogP contribution >= 0.6 is 23.1 Å². The number of amidine groups is 1. The number of aliphatic imine (C=N–C) groups is 1. The predicted molar refractivity (Wildman–Crippen MR) is 121 cm³/mol. The molecule has 0 radical (unpaired) electrons. The normalized spacial score (nSPS) is 17.1. The smallest absolute Gasteiger partial charge is 0.266 e. The van der Waals surface area contributed by atoms with Gasteiger partial charge in [-0.3, -0.25) is 9.69 Å². The molecule has 1 saturated heterocycles. The van der Waals surface area contributed by atoms with E-state index >= 15 is 0 Å². The van der Waals surface area contributed by atoms with Gasteiger partial charge in [-0.2, -0.15) is 4.99 Å². The van der Waals surface area contributed by atoms with E-state index in [9.17, 15) is 4.79 Å². The zero-order valence-corrected chi connectivity index (χ0v) is 17.9. The third kappa shape index (κ3) is 3.97. The van der Waals surface area contributed by atoms with Gasteiger partial charge in [0.2, 0.25) is 5.13 Å². The number of methoxy groups -OCH3 is 1. The molecule has 5 nitrogen and oxygen atoms in total. The fourth-order valence-corrected chi connectivity index (χ4v) is 4.67. The number of amides is 1. The first-order chi connectivity index (χ1) is 14.1. The Morgan fingerprint density at radius 3 is 2.52 bits per heavy atom. The molecule has 4 rings (SSSR count). The molecule has 2 heterocycles. The number of hydrogen-bond donors (Lipinski definition) is 0. The molecule has 0 bridgehead atoms. The molecule has 1 fully saturated rings. The summed E-state index contributed by atoms with van der Waals surface area (Å²) in [6.45, 7) is 1.95. The zero-order valence-electron chi connectivity index (χ0n) is 16.2. The van der Waals surface area contributed by atoms with Crippen molar-refractivity contribution in [3.8, 4) is 17.0 Å². The maximum absolute atomic E-state index is 12.8. The Morgan fingerprint density at radius 1 is 1.10 bits per heavy atom. The van der Waals surface area contributed by atoms with Crippen molar-refractivity contribution in [2.24, 2.45) is 4.99 Å². The first kappa shape index (κ1) is 19.4. The van der Waals surface area contributed by atoms with Crippen LogP contribution in [0.3, 0.4) is 0 Å². The second-order valence-electron chi connectivity index (χ2n) is 6.42. The molecule has 7 heteroatoms. The number of rotatable bonds is 4. The molecule has 0 N–H and O–H groups in total. The summed E-state index contributed by atoms with van der Waals surface area (Å²) >= 11 is 2.85. The average Bonchev–Trinajstić information content (AvgIpc) is 3.34. The van der Waals surface area contributed by atoms with Gasteiger partial charge in [0, 0.05) is 18.0 Å². The maximum atomic E-state index is 12.8. The number of allylic oxidation sites excluding steroid dienone is 1. The zero-order chi connectivity index (χ0) is 20.4. The molecular formula is C22H19N3O2S2. The van der Waals surface area contributed by atoms with Gasteiger partial charge in [0.25, 0.3) is 5.91 Å². The molecule has 1 amide bonds. The molecule has 146 valence electrons. The summed E-state index contributed by atoms with van der Waals surface area (Å²) < 4.78 is 5.21. The van der Waals surface area contributed by atoms with Crippen molar-refractivity contribution in [1.29, 1.82) is 0 Å². The van der Waals surface area contributed by atoms with E-state index in [1.165, 1.54) is 23.1 Å². The van der Waals surface area contributed by atoms with Crippen LogP contribution in [0.5, 0.6) is 5.75 Å². The molecule has 0 atom stereocenters. The maximum Gasteiger partial charge on any atom is 0.266 e. The minimum Gasteiger partial charge on any atom is -0.497 e. The molecule has 0 saturated carbocycles. The fourth-order valence-electron chi connectivity index (χ4n) is 2.89. The van der Waals surface area contributed by atoms with Crippen LogP contribution in [0.1, 0.15) is 12.5 Å². The van der Waals surface area contributed by atoms with Crippen molar-refractivity contribution >= 4 is 44.9 Å². The number of carbonyl (C=O) groups is 1. The molecule has 0 aliphatic carbocycles. The Balaban J connectivity index is 1.61. The number of aromatic nitrogens is 1. The largest absolute Gasteiger partial charge is 0.497 e. The van der Waals surface area contributed by atoms with E-state index in [1.54, 1.807) is 19.1 Å². The lowest BCUT2D eigenvalue weighted by molar-refractivity contribution is -0.121. The van der Waals surface area contributed by atoms with Crippen LogP contribution in [0.4, 0.5) is 5.13 Å². The Kier molecular flexibility index (Phi) is 5.51. The Morgan fingerprint density at radius 2 is 1.83 bits per heavy atom. The highest BCUT2D eigenvalue weighted by Crippen LogP contribution is 2.38. The van der Waals surface area contributed by atoms with Gasteiger partial charge in [-0.15, -0.1) is 11.3 Å². The summed E-state index contributed by atoms with van der Waals surface area (Å²) in [7, 11) is 3.38. The SMILES string of the molecule is COc1ccc(/C(C)=C2\S/C(=N/c3nc(-c4ccccc4)cs3)N(C)C2=O)cc1. The molecule has 1 aliphatic heterocycles. The number of hydrogen-bond acceptors (Lipinski definition) is 6. The lowest BCUT2D eigenvalue weighted by atomic mass is 10.1. The van der Waals surface area contributed by atoms with Gasteiger partial charge >= 0.3 is 0 Å². The summed E-state index contributed by atoms with van der Waals surface area (Å²) in [5.41, 5.74) is 3.84. The second kappa shape index (κ2) is 8.23. The van der Waals surface area contributed by atoms with Gasteiger partial charge in [-0.05, 0) is 42.0 Å². The van der Waals surface area contributed by atoms with Crippen LogP contribution in [-0.4, -0.2) is 35.1 Å². The fraction of sp³-hybridized carbons (Fsp3) is 0.136. The van der Waals surface area contributed by atoms with Crippen LogP contribution < -0.4 is 4.74 Å². The highest BCUT2D eigenvalue weighted by molar-refractivity contribution is 8.18. The van der Waals surface area contributed by atoms with Gasteiger partial charge < -0.3 is 4.74 Å². The van der Waals surface area contributed by atoms with E-state index < -0.39 is 0 Å². The average molecular weight is 422 g/mol. The Hall–Kier alpha value is -2.90. The van der Waals surface area contributed by atoms with Crippen LogP contribution in [0.2, 0.25) is 0 Å². The number of benzene rings is 2. The highest BCUT2D eigenvalue weighted by atomic mass is 32.2. The van der Waals surface area contributed by atoms with Crippen molar-refractivity contribution in [3.05, 3.63) is 70.4 Å². The van der Waals surface area contributed by atoms with Crippen molar-refractivity contribution in [3.63, 3.8) is 0 Å². The monoisotopic (exact) mass is 421 g/mol. The van der Waals surface area contributed by atoms with Gasteiger partial charge in [-0.1, -0.05) is 42.5 Å². The number of nitrogens with zero attached hydrogens (tertiary/aromatic N) is 3. The van der Waals surface area contributed by atoms with E-state index in [4.69, 9.17) is 4.74 Å². The molecule has 2 aromatic carbocycles. The topological polar surface area (TPSA) is 54.8 Å². The van der Waals surface area contributed by atoms with Crippen molar-refractivity contribution in [2.75, 3.05) is 14.2 Å². The van der Waals surface area contributed by atoms with E-state index in [-0.39, 0.29) is 5.91 Å². The van der Waals surface area contributed by atoms with Gasteiger partial charge in [0.05, 0.1) is 17.7 Å². The number of carbonyl (C=O) groups excluding carboxylic acids is 1. The number of ether oxygens (including phenoxy) is 1. The molecule has 1 aromatic heterocycles. The molecule has 0 spiro atoms. The first-order valence-electron chi connectivity index (χ1n) is 8.97. The van der Waals surface area contributed by atoms with Gasteiger partial charge in [-0.25, -0.2) is 4.98 Å². The van der Waals surface area contributed by atoms with E-state index in [1.807, 2.05) is 66.9 Å². The number of thioether (sulfide) groups is 1.